The van der Waals surface area contributed by atoms with E-state index >= 15 is 0 Å². The van der Waals surface area contributed by atoms with Crippen LogP contribution in [0.2, 0.25) is 5.02 Å². The Morgan fingerprint density at radius 2 is 2.05 bits per heavy atom. The van der Waals surface area contributed by atoms with Crippen LogP contribution in [0.3, 0.4) is 0 Å². The fraction of sp³-hybridized carbons (Fsp3) is 0.600. The predicted octanol–water partition coefficient (Wildman–Crippen LogP) is 2.49. The lowest BCUT2D eigenvalue weighted by Gasteiger charge is -2.27. The number of hydrogen-bond acceptors (Lipinski definition) is 3. The quantitative estimate of drug-likeness (QED) is 0.898. The van der Waals surface area contributed by atoms with Crippen molar-refractivity contribution >= 4 is 11.6 Å². The maximum Gasteiger partial charge on any atom is 0.122 e. The molecule has 1 saturated heterocycles. The fourth-order valence-electron chi connectivity index (χ4n) is 2.39. The lowest BCUT2D eigenvalue weighted by molar-refractivity contribution is 0.242. The SMILES string of the molecule is CCOc1cc(C)c(Cl)cc1CCN1CCNCC1. The Hall–Kier alpha value is -0.770. The maximum atomic E-state index is 6.23. The van der Waals surface area contributed by atoms with Crippen LogP contribution in [-0.2, 0) is 6.42 Å². The van der Waals surface area contributed by atoms with Gasteiger partial charge in [-0.1, -0.05) is 11.6 Å². The van der Waals surface area contributed by atoms with Crippen LogP contribution < -0.4 is 10.1 Å². The average molecular weight is 283 g/mol. The van der Waals surface area contributed by atoms with E-state index in [1.807, 2.05) is 13.8 Å². The number of hydrogen-bond donors (Lipinski definition) is 1. The molecule has 3 nitrogen and oxygen atoms in total. The normalized spacial score (nSPS) is 16.6. The molecule has 1 aliphatic heterocycles. The van der Waals surface area contributed by atoms with Crippen molar-refractivity contribution in [3.63, 3.8) is 0 Å². The first-order valence-corrected chi connectivity index (χ1v) is 7.43. The van der Waals surface area contributed by atoms with Crippen LogP contribution in [0.25, 0.3) is 0 Å². The summed E-state index contributed by atoms with van der Waals surface area (Å²) in [4.78, 5) is 2.49. The first-order valence-electron chi connectivity index (χ1n) is 7.05. The first-order chi connectivity index (χ1) is 9.20. The largest absolute Gasteiger partial charge is 0.494 e. The van der Waals surface area contributed by atoms with E-state index < -0.39 is 0 Å². The van der Waals surface area contributed by atoms with Gasteiger partial charge in [-0.25, -0.2) is 0 Å². The molecule has 0 saturated carbocycles. The van der Waals surface area contributed by atoms with Crippen LogP contribution in [0.15, 0.2) is 12.1 Å². The Kier molecular flexibility index (Phi) is 5.49. The zero-order valence-corrected chi connectivity index (χ0v) is 12.6. The van der Waals surface area contributed by atoms with Crippen LogP contribution >= 0.6 is 11.6 Å². The molecule has 1 N–H and O–H groups in total. The van der Waals surface area contributed by atoms with Gasteiger partial charge < -0.3 is 15.0 Å². The Balaban J connectivity index is 2.02. The molecule has 0 aromatic heterocycles. The number of halogens is 1. The molecule has 4 heteroatoms. The van der Waals surface area contributed by atoms with Gasteiger partial charge >= 0.3 is 0 Å². The van der Waals surface area contributed by atoms with Gasteiger partial charge in [0.05, 0.1) is 6.61 Å². The number of benzene rings is 1. The smallest absolute Gasteiger partial charge is 0.122 e. The third kappa shape index (κ3) is 4.10. The first kappa shape index (κ1) is 14.6. The van der Waals surface area contributed by atoms with Crippen molar-refractivity contribution in [1.82, 2.24) is 10.2 Å². The van der Waals surface area contributed by atoms with Crippen LogP contribution in [0.4, 0.5) is 0 Å². The molecule has 0 bridgehead atoms. The Bertz CT molecular complexity index is 417. The highest BCUT2D eigenvalue weighted by Crippen LogP contribution is 2.27. The summed E-state index contributed by atoms with van der Waals surface area (Å²) < 4.78 is 5.72. The molecule has 1 aliphatic rings. The Morgan fingerprint density at radius 1 is 1.32 bits per heavy atom. The molecule has 1 fully saturated rings. The van der Waals surface area contributed by atoms with Crippen molar-refractivity contribution in [2.75, 3.05) is 39.3 Å². The van der Waals surface area contributed by atoms with Gasteiger partial charge in [0.1, 0.15) is 5.75 Å². The van der Waals surface area contributed by atoms with E-state index in [1.54, 1.807) is 0 Å². The number of ether oxygens (including phenoxy) is 1. The summed E-state index contributed by atoms with van der Waals surface area (Å²) in [5.74, 6) is 0.986. The summed E-state index contributed by atoms with van der Waals surface area (Å²) in [6, 6.07) is 4.11. The average Bonchev–Trinajstić information content (AvgIpc) is 2.42. The van der Waals surface area contributed by atoms with E-state index in [9.17, 15) is 0 Å². The monoisotopic (exact) mass is 282 g/mol. The van der Waals surface area contributed by atoms with Gasteiger partial charge in [-0.15, -0.1) is 0 Å². The zero-order valence-electron chi connectivity index (χ0n) is 11.8. The van der Waals surface area contributed by atoms with Gasteiger partial charge in [-0.3, -0.25) is 0 Å². The minimum atomic E-state index is 0.696. The van der Waals surface area contributed by atoms with Crippen molar-refractivity contribution in [2.45, 2.75) is 20.3 Å². The molecule has 1 heterocycles. The van der Waals surface area contributed by atoms with E-state index in [4.69, 9.17) is 16.3 Å². The summed E-state index contributed by atoms with van der Waals surface area (Å²) in [6.45, 7) is 10.2. The van der Waals surface area contributed by atoms with Crippen LogP contribution in [-0.4, -0.2) is 44.2 Å². The fourth-order valence-corrected chi connectivity index (χ4v) is 2.58. The Morgan fingerprint density at radius 3 is 2.74 bits per heavy atom. The molecule has 0 atom stereocenters. The Labute approximate surface area is 120 Å². The second-order valence-corrected chi connectivity index (χ2v) is 5.39. The molecular formula is C15H23ClN2O. The number of piperazine rings is 1. The number of aryl methyl sites for hydroxylation is 1. The molecule has 2 rings (SSSR count). The highest BCUT2D eigenvalue weighted by Gasteiger charge is 2.12. The highest BCUT2D eigenvalue weighted by molar-refractivity contribution is 6.31. The van der Waals surface area contributed by atoms with Gasteiger partial charge in [0, 0.05) is 37.7 Å². The van der Waals surface area contributed by atoms with Gasteiger partial charge in [-0.05, 0) is 43.5 Å². The van der Waals surface area contributed by atoms with Crippen molar-refractivity contribution < 1.29 is 4.74 Å². The van der Waals surface area contributed by atoms with Crippen LogP contribution in [0.1, 0.15) is 18.1 Å². The van der Waals surface area contributed by atoms with Crippen molar-refractivity contribution in [1.29, 1.82) is 0 Å². The summed E-state index contributed by atoms with van der Waals surface area (Å²) in [7, 11) is 0. The second kappa shape index (κ2) is 7.13. The molecule has 0 spiro atoms. The molecular weight excluding hydrogens is 260 g/mol. The number of nitrogens with one attached hydrogen (secondary N) is 1. The minimum Gasteiger partial charge on any atom is -0.494 e. The van der Waals surface area contributed by atoms with Gasteiger partial charge in [0.15, 0.2) is 0 Å². The van der Waals surface area contributed by atoms with Gasteiger partial charge in [0.2, 0.25) is 0 Å². The molecule has 0 radical (unpaired) electrons. The van der Waals surface area contributed by atoms with E-state index in [0.29, 0.717) is 6.61 Å². The second-order valence-electron chi connectivity index (χ2n) is 4.98. The highest BCUT2D eigenvalue weighted by atomic mass is 35.5. The molecule has 106 valence electrons. The van der Waals surface area contributed by atoms with E-state index in [-0.39, 0.29) is 0 Å². The van der Waals surface area contributed by atoms with E-state index in [1.165, 1.54) is 5.56 Å². The summed E-state index contributed by atoms with van der Waals surface area (Å²) in [5.41, 5.74) is 2.30. The zero-order chi connectivity index (χ0) is 13.7. The maximum absolute atomic E-state index is 6.23. The molecule has 1 aromatic carbocycles. The summed E-state index contributed by atoms with van der Waals surface area (Å²) in [6.07, 6.45) is 0.995. The van der Waals surface area contributed by atoms with Crippen molar-refractivity contribution in [3.8, 4) is 5.75 Å². The summed E-state index contributed by atoms with van der Waals surface area (Å²) in [5, 5.41) is 4.21. The van der Waals surface area contributed by atoms with Crippen LogP contribution in [0.5, 0.6) is 5.75 Å². The lowest BCUT2D eigenvalue weighted by atomic mass is 10.1. The third-order valence-electron chi connectivity index (χ3n) is 3.55. The molecule has 0 aliphatic carbocycles. The van der Waals surface area contributed by atoms with Crippen LogP contribution in [0, 0.1) is 6.92 Å². The molecule has 0 amide bonds. The minimum absolute atomic E-state index is 0.696. The third-order valence-corrected chi connectivity index (χ3v) is 3.96. The summed E-state index contributed by atoms with van der Waals surface area (Å²) >= 11 is 6.23. The van der Waals surface area contributed by atoms with E-state index in [0.717, 1.165) is 55.5 Å². The number of rotatable bonds is 5. The van der Waals surface area contributed by atoms with Gasteiger partial charge in [0.25, 0.3) is 0 Å². The number of nitrogens with zero attached hydrogens (tertiary/aromatic N) is 1. The molecule has 19 heavy (non-hydrogen) atoms. The topological polar surface area (TPSA) is 24.5 Å². The van der Waals surface area contributed by atoms with Crippen molar-refractivity contribution in [3.05, 3.63) is 28.3 Å². The van der Waals surface area contributed by atoms with E-state index in [2.05, 4.69) is 22.3 Å². The molecule has 0 unspecified atom stereocenters. The standard InChI is InChI=1S/C15H23ClN2O/c1-3-19-15-10-12(2)14(16)11-13(15)4-7-18-8-5-17-6-9-18/h10-11,17H,3-9H2,1-2H3. The molecule has 1 aromatic rings. The van der Waals surface area contributed by atoms with Gasteiger partial charge in [-0.2, -0.15) is 0 Å². The predicted molar refractivity (Wildman–Crippen MR) is 80.4 cm³/mol. The lowest BCUT2D eigenvalue weighted by Crippen LogP contribution is -2.44. The van der Waals surface area contributed by atoms with Crippen molar-refractivity contribution in [2.24, 2.45) is 0 Å².